The minimum atomic E-state index is 0.687. The highest BCUT2D eigenvalue weighted by Crippen LogP contribution is 2.05. The van der Waals surface area contributed by atoms with Crippen LogP contribution in [0.3, 0.4) is 0 Å². The predicted octanol–water partition coefficient (Wildman–Crippen LogP) is 2.87. The average molecular weight is 297 g/mol. The van der Waals surface area contributed by atoms with E-state index >= 15 is 0 Å². The third-order valence-corrected chi connectivity index (χ3v) is 2.80. The fourth-order valence-electron chi connectivity index (χ4n) is 1.65. The van der Waals surface area contributed by atoms with E-state index < -0.39 is 0 Å². The number of methoxy groups -OCH3 is 1. The highest BCUT2D eigenvalue weighted by atomic mass is 16.5. The maximum atomic E-state index is 5.65. The Balaban J connectivity index is 0.00000116. The van der Waals surface area contributed by atoms with Crippen LogP contribution in [0.4, 0.5) is 0 Å². The molecule has 0 aromatic carbocycles. The molecule has 3 nitrogen and oxygen atoms in total. The number of hydrogen-bond acceptors (Lipinski definition) is 3. The van der Waals surface area contributed by atoms with Crippen molar-refractivity contribution in [3.63, 3.8) is 0 Å². The number of hydrogen-bond donors (Lipinski definition) is 1. The van der Waals surface area contributed by atoms with E-state index in [4.69, 9.17) is 9.15 Å². The van der Waals surface area contributed by atoms with E-state index in [0.29, 0.717) is 5.76 Å². The van der Waals surface area contributed by atoms with Crippen LogP contribution in [0.2, 0.25) is 0 Å². The van der Waals surface area contributed by atoms with E-state index in [0.717, 1.165) is 27.7 Å². The molecular weight excluding hydrogens is 274 g/mol. The molecule has 1 aromatic rings. The highest BCUT2D eigenvalue weighted by molar-refractivity contribution is 5.57. The Morgan fingerprint density at radius 3 is 2.59 bits per heavy atom. The van der Waals surface area contributed by atoms with Gasteiger partial charge >= 0.3 is 0 Å². The summed E-state index contributed by atoms with van der Waals surface area (Å²) in [5.41, 5.74) is 5.56. The maximum absolute atomic E-state index is 5.65. The average Bonchev–Trinajstić information content (AvgIpc) is 3.10. The fourth-order valence-corrected chi connectivity index (χ4v) is 1.65. The molecule has 0 spiro atoms. The van der Waals surface area contributed by atoms with Crippen LogP contribution in [0.15, 0.2) is 58.9 Å². The first-order chi connectivity index (χ1) is 10.6. The number of ether oxygens (including phenoxy) is 1. The summed E-state index contributed by atoms with van der Waals surface area (Å²) in [7, 11) is 3.44. The lowest BCUT2D eigenvalue weighted by molar-refractivity contribution is 0.317. The molecule has 1 heterocycles. The van der Waals surface area contributed by atoms with Gasteiger partial charge < -0.3 is 14.5 Å². The Morgan fingerprint density at radius 1 is 1.27 bits per heavy atom. The minimum absolute atomic E-state index is 0.687. The third-order valence-electron chi connectivity index (χ3n) is 2.80. The zero-order valence-electron chi connectivity index (χ0n) is 13.7. The second-order valence-electron chi connectivity index (χ2n) is 4.28. The van der Waals surface area contributed by atoms with Gasteiger partial charge in [-0.15, -0.1) is 0 Å². The molecule has 116 valence electrons. The Kier molecular flexibility index (Phi) is 6.81. The topological polar surface area (TPSA) is 34.4 Å². The quantitative estimate of drug-likeness (QED) is 0.820. The summed E-state index contributed by atoms with van der Waals surface area (Å²) in [5.74, 6) is 1.45. The Bertz CT molecular complexity index is 754. The molecule has 2 rings (SSSR count). The van der Waals surface area contributed by atoms with Gasteiger partial charge in [-0.25, -0.2) is 0 Å². The Labute approximate surface area is 132 Å². The van der Waals surface area contributed by atoms with Crippen molar-refractivity contribution in [1.82, 2.24) is 5.32 Å². The molecule has 0 unspecified atom stereocenters. The third kappa shape index (κ3) is 4.72. The molecule has 0 radical (unpaired) electrons. The SMILES string of the molecule is C=C(/C=C\C(=C)NC)/C=C/c1cc2c(o1)=CC(OC)=C=2.CC. The van der Waals surface area contributed by atoms with Crippen molar-refractivity contribution in [1.29, 1.82) is 0 Å². The van der Waals surface area contributed by atoms with Gasteiger partial charge in [-0.2, -0.15) is 0 Å². The van der Waals surface area contributed by atoms with E-state index in [9.17, 15) is 0 Å². The molecule has 0 aliphatic heterocycles. The molecule has 1 aromatic heterocycles. The van der Waals surface area contributed by atoms with E-state index in [1.807, 2.05) is 57.3 Å². The largest absolute Gasteiger partial charge is 0.489 e. The standard InChI is InChI=1S/C17H17NO2.C2H6/c1-12(5-7-13(2)18-3)6-8-15-9-14-10-16(19-4)11-17(14)20-15;1-2/h5-9,11,18H,1-2H2,3-4H3;1-2H3/b7-5-,8-6+;. The molecule has 0 fully saturated rings. The van der Waals surface area contributed by atoms with Crippen molar-refractivity contribution in [3.8, 4) is 0 Å². The number of likely N-dealkylation sites (N-methyl/N-ethyl adjacent to an activating group) is 1. The number of rotatable bonds is 6. The summed E-state index contributed by atoms with van der Waals surface area (Å²) in [6.45, 7) is 11.7. The Morgan fingerprint density at radius 2 is 2.00 bits per heavy atom. The van der Waals surface area contributed by atoms with Crippen molar-refractivity contribution in [2.75, 3.05) is 14.2 Å². The summed E-state index contributed by atoms with van der Waals surface area (Å²) in [4.78, 5) is 0. The molecule has 1 N–H and O–H groups in total. The number of fused-ring (bicyclic) bond motifs is 1. The van der Waals surface area contributed by atoms with Crippen molar-refractivity contribution in [3.05, 3.63) is 70.9 Å². The maximum Gasteiger partial charge on any atom is 0.166 e. The highest BCUT2D eigenvalue weighted by Gasteiger charge is 2.03. The normalized spacial score (nSPS) is 11.9. The molecule has 3 heteroatoms. The Hall–Kier alpha value is -2.64. The van der Waals surface area contributed by atoms with Gasteiger partial charge in [0, 0.05) is 18.8 Å². The van der Waals surface area contributed by atoms with Crippen LogP contribution in [0, 0.1) is 0 Å². The molecule has 1 aliphatic rings. The summed E-state index contributed by atoms with van der Waals surface area (Å²) in [5, 5.41) is 3.85. The fraction of sp³-hybridized carbons (Fsp3) is 0.211. The number of nitrogens with one attached hydrogen (secondary N) is 1. The first kappa shape index (κ1) is 17.4. The van der Waals surface area contributed by atoms with Gasteiger partial charge in [0.1, 0.15) is 11.2 Å². The lowest BCUT2D eigenvalue weighted by Crippen LogP contribution is -2.14. The molecule has 1 aliphatic carbocycles. The van der Waals surface area contributed by atoms with Crippen molar-refractivity contribution in [2.45, 2.75) is 13.8 Å². The van der Waals surface area contributed by atoms with Gasteiger partial charge in [0.25, 0.3) is 0 Å². The van der Waals surface area contributed by atoms with Crippen molar-refractivity contribution >= 4 is 17.9 Å². The summed E-state index contributed by atoms with van der Waals surface area (Å²) < 4.78 is 10.7. The van der Waals surface area contributed by atoms with Gasteiger partial charge in [0.2, 0.25) is 0 Å². The van der Waals surface area contributed by atoms with Crippen LogP contribution in [-0.4, -0.2) is 14.2 Å². The first-order valence-electron chi connectivity index (χ1n) is 7.20. The zero-order chi connectivity index (χ0) is 16.5. The van der Waals surface area contributed by atoms with Crippen LogP contribution in [-0.2, 0) is 4.74 Å². The molecular formula is C19H23NO2. The first-order valence-corrected chi connectivity index (χ1v) is 7.20. The summed E-state index contributed by atoms with van der Waals surface area (Å²) >= 11 is 0. The van der Waals surface area contributed by atoms with Crippen LogP contribution in [0.5, 0.6) is 0 Å². The molecule has 0 bridgehead atoms. The molecule has 0 saturated heterocycles. The smallest absolute Gasteiger partial charge is 0.166 e. The van der Waals surface area contributed by atoms with Crippen molar-refractivity contribution < 1.29 is 9.15 Å². The monoisotopic (exact) mass is 297 g/mol. The van der Waals surface area contributed by atoms with Gasteiger partial charge in [0.05, 0.1) is 12.3 Å². The zero-order valence-corrected chi connectivity index (χ0v) is 13.7. The number of furan rings is 1. The van der Waals surface area contributed by atoms with E-state index in [2.05, 4.69) is 24.2 Å². The van der Waals surface area contributed by atoms with E-state index in [1.54, 1.807) is 7.11 Å². The molecule has 0 saturated carbocycles. The molecule has 22 heavy (non-hydrogen) atoms. The van der Waals surface area contributed by atoms with Crippen LogP contribution < -0.4 is 16.0 Å². The second-order valence-corrected chi connectivity index (χ2v) is 4.28. The van der Waals surface area contributed by atoms with Gasteiger partial charge in [-0.05, 0) is 23.8 Å². The van der Waals surface area contributed by atoms with Crippen LogP contribution in [0.1, 0.15) is 19.6 Å². The van der Waals surface area contributed by atoms with Gasteiger partial charge in [-0.3, -0.25) is 0 Å². The summed E-state index contributed by atoms with van der Waals surface area (Å²) in [6.07, 6.45) is 9.32. The molecule has 0 amide bonds. The lowest BCUT2D eigenvalue weighted by Gasteiger charge is -1.95. The van der Waals surface area contributed by atoms with Crippen molar-refractivity contribution in [2.24, 2.45) is 0 Å². The van der Waals surface area contributed by atoms with Gasteiger partial charge in [0.15, 0.2) is 5.76 Å². The summed E-state index contributed by atoms with van der Waals surface area (Å²) in [6, 6.07) is 1.91. The molecule has 0 atom stereocenters. The van der Waals surface area contributed by atoms with Crippen LogP contribution >= 0.6 is 0 Å². The lowest BCUT2D eigenvalue weighted by atomic mass is 10.2. The van der Waals surface area contributed by atoms with E-state index in [1.165, 1.54) is 0 Å². The second kappa shape index (κ2) is 8.60. The van der Waals surface area contributed by atoms with Crippen LogP contribution in [0.25, 0.3) is 17.9 Å². The number of allylic oxidation sites excluding steroid dienone is 5. The predicted molar refractivity (Wildman–Crippen MR) is 93.2 cm³/mol. The minimum Gasteiger partial charge on any atom is -0.489 e. The van der Waals surface area contributed by atoms with E-state index in [-0.39, 0.29) is 0 Å². The van der Waals surface area contributed by atoms with Gasteiger partial charge in [-0.1, -0.05) is 44.9 Å².